The van der Waals surface area contributed by atoms with Gasteiger partial charge in [0.05, 0.1) is 0 Å². The molecule has 2 nitrogen and oxygen atoms in total. The fourth-order valence-corrected chi connectivity index (χ4v) is 3.59. The lowest BCUT2D eigenvalue weighted by Gasteiger charge is -2.17. The Morgan fingerprint density at radius 2 is 1.96 bits per heavy atom. The molecule has 0 radical (unpaired) electrons. The van der Waals surface area contributed by atoms with E-state index < -0.39 is 11.6 Å². The molecule has 23 heavy (non-hydrogen) atoms. The molecular formula is C18H17F2NOS. The number of hydrogen-bond donors (Lipinski definition) is 0. The first-order valence-electron chi connectivity index (χ1n) is 7.55. The number of para-hydroxylation sites is 1. The number of carbonyl (C=O) groups excluding carboxylic acids is 1. The zero-order valence-corrected chi connectivity index (χ0v) is 13.4. The molecule has 1 aliphatic heterocycles. The predicted molar refractivity (Wildman–Crippen MR) is 89.6 cm³/mol. The monoisotopic (exact) mass is 333 g/mol. The van der Waals surface area contributed by atoms with Crippen molar-refractivity contribution in [3.05, 3.63) is 65.2 Å². The Morgan fingerprint density at radius 1 is 1.13 bits per heavy atom. The summed E-state index contributed by atoms with van der Waals surface area (Å²) in [5.41, 5.74) is 2.96. The number of nitrogens with zero attached hydrogens (tertiary/aromatic N) is 1. The minimum Gasteiger partial charge on any atom is -0.312 e. The number of anilines is 1. The number of benzene rings is 2. The molecule has 2 aromatic carbocycles. The molecule has 3 rings (SSSR count). The van der Waals surface area contributed by atoms with Crippen molar-refractivity contribution in [2.75, 3.05) is 17.2 Å². The molecule has 0 aromatic heterocycles. The SMILES string of the molecule is O=C(CCSCc1ccc(F)c(F)c1)N1CCc2ccccc21. The summed E-state index contributed by atoms with van der Waals surface area (Å²) in [5.74, 6) is -0.306. The number of thioether (sulfide) groups is 1. The van der Waals surface area contributed by atoms with E-state index in [2.05, 4.69) is 6.07 Å². The molecule has 0 N–H and O–H groups in total. The van der Waals surface area contributed by atoms with Crippen molar-refractivity contribution >= 4 is 23.4 Å². The normalized spacial score (nSPS) is 13.2. The van der Waals surface area contributed by atoms with Crippen LogP contribution in [0.5, 0.6) is 0 Å². The maximum absolute atomic E-state index is 13.1. The molecular weight excluding hydrogens is 316 g/mol. The van der Waals surface area contributed by atoms with Gasteiger partial charge in [0.1, 0.15) is 0 Å². The molecule has 0 aliphatic carbocycles. The summed E-state index contributed by atoms with van der Waals surface area (Å²) in [6.07, 6.45) is 1.35. The number of amides is 1. The Labute approximate surface area is 138 Å². The fourth-order valence-electron chi connectivity index (χ4n) is 2.71. The van der Waals surface area contributed by atoms with Gasteiger partial charge in [0, 0.05) is 30.2 Å². The molecule has 0 saturated carbocycles. The minimum atomic E-state index is -0.832. The van der Waals surface area contributed by atoms with Gasteiger partial charge in [0.25, 0.3) is 0 Å². The van der Waals surface area contributed by atoms with E-state index in [4.69, 9.17) is 0 Å². The van der Waals surface area contributed by atoms with Gasteiger partial charge in [-0.25, -0.2) is 8.78 Å². The first-order valence-corrected chi connectivity index (χ1v) is 8.70. The first kappa shape index (κ1) is 16.0. The van der Waals surface area contributed by atoms with Crippen molar-refractivity contribution in [3.63, 3.8) is 0 Å². The van der Waals surface area contributed by atoms with Gasteiger partial charge in [-0.2, -0.15) is 11.8 Å². The van der Waals surface area contributed by atoms with Gasteiger partial charge in [-0.05, 0) is 35.7 Å². The zero-order chi connectivity index (χ0) is 16.2. The topological polar surface area (TPSA) is 20.3 Å². The van der Waals surface area contributed by atoms with Crippen LogP contribution in [0, 0.1) is 11.6 Å². The first-order chi connectivity index (χ1) is 11.1. The van der Waals surface area contributed by atoms with E-state index in [0.717, 1.165) is 30.3 Å². The Morgan fingerprint density at radius 3 is 2.78 bits per heavy atom. The molecule has 1 aliphatic rings. The number of hydrogen-bond acceptors (Lipinski definition) is 2. The summed E-state index contributed by atoms with van der Waals surface area (Å²) in [4.78, 5) is 14.2. The third kappa shape index (κ3) is 3.72. The van der Waals surface area contributed by atoms with E-state index in [0.29, 0.717) is 17.9 Å². The number of rotatable bonds is 5. The van der Waals surface area contributed by atoms with Crippen molar-refractivity contribution in [2.45, 2.75) is 18.6 Å². The van der Waals surface area contributed by atoms with E-state index in [-0.39, 0.29) is 5.91 Å². The van der Waals surface area contributed by atoms with Crippen LogP contribution in [0.1, 0.15) is 17.5 Å². The molecule has 0 unspecified atom stereocenters. The number of fused-ring (bicyclic) bond motifs is 1. The molecule has 1 heterocycles. The van der Waals surface area contributed by atoms with E-state index >= 15 is 0 Å². The molecule has 120 valence electrons. The lowest BCUT2D eigenvalue weighted by Crippen LogP contribution is -2.29. The van der Waals surface area contributed by atoms with E-state index in [1.54, 1.807) is 17.8 Å². The summed E-state index contributed by atoms with van der Waals surface area (Å²) in [5, 5.41) is 0. The lowest BCUT2D eigenvalue weighted by atomic mass is 10.2. The quantitative estimate of drug-likeness (QED) is 0.765. The second-order valence-electron chi connectivity index (χ2n) is 5.48. The zero-order valence-electron chi connectivity index (χ0n) is 12.6. The van der Waals surface area contributed by atoms with E-state index in [1.807, 2.05) is 23.1 Å². The highest BCUT2D eigenvalue weighted by Crippen LogP contribution is 2.28. The Hall–Kier alpha value is -1.88. The molecule has 0 fully saturated rings. The molecule has 0 saturated heterocycles. The second-order valence-corrected chi connectivity index (χ2v) is 6.58. The molecule has 5 heteroatoms. The summed E-state index contributed by atoms with van der Waals surface area (Å²) >= 11 is 1.55. The Balaban J connectivity index is 1.48. The van der Waals surface area contributed by atoms with Gasteiger partial charge in [-0.3, -0.25) is 4.79 Å². The largest absolute Gasteiger partial charge is 0.312 e. The van der Waals surface area contributed by atoms with Crippen molar-refractivity contribution in [1.82, 2.24) is 0 Å². The van der Waals surface area contributed by atoms with Gasteiger partial charge in [0.15, 0.2) is 11.6 Å². The van der Waals surface area contributed by atoms with Crippen LogP contribution in [-0.2, 0) is 17.0 Å². The van der Waals surface area contributed by atoms with Crippen LogP contribution in [0.25, 0.3) is 0 Å². The molecule has 0 bridgehead atoms. The third-order valence-corrected chi connectivity index (χ3v) is 4.93. The van der Waals surface area contributed by atoms with Crippen LogP contribution in [-0.4, -0.2) is 18.2 Å². The summed E-state index contributed by atoms with van der Waals surface area (Å²) < 4.78 is 26.0. The predicted octanol–water partition coefficient (Wildman–Crippen LogP) is 4.18. The maximum Gasteiger partial charge on any atom is 0.227 e. The summed E-state index contributed by atoms with van der Waals surface area (Å²) in [7, 11) is 0. The Kier molecular flexibility index (Phi) is 4.96. The van der Waals surface area contributed by atoms with Crippen LogP contribution >= 0.6 is 11.8 Å². The standard InChI is InChI=1S/C18H17F2NOS/c19-15-6-5-13(11-16(15)20)12-23-10-8-18(22)21-9-7-14-3-1-2-4-17(14)21/h1-6,11H,7-10,12H2. The highest BCUT2D eigenvalue weighted by molar-refractivity contribution is 7.98. The minimum absolute atomic E-state index is 0.118. The highest BCUT2D eigenvalue weighted by Gasteiger charge is 2.23. The molecule has 1 amide bonds. The lowest BCUT2D eigenvalue weighted by molar-refractivity contribution is -0.118. The van der Waals surface area contributed by atoms with Gasteiger partial charge < -0.3 is 4.90 Å². The van der Waals surface area contributed by atoms with Crippen LogP contribution in [0.4, 0.5) is 14.5 Å². The molecule has 0 spiro atoms. The van der Waals surface area contributed by atoms with E-state index in [1.165, 1.54) is 11.6 Å². The maximum atomic E-state index is 13.1. The van der Waals surface area contributed by atoms with Gasteiger partial charge in [0.2, 0.25) is 5.91 Å². The average molecular weight is 333 g/mol. The van der Waals surface area contributed by atoms with Crippen molar-refractivity contribution in [1.29, 1.82) is 0 Å². The highest BCUT2D eigenvalue weighted by atomic mass is 32.2. The van der Waals surface area contributed by atoms with E-state index in [9.17, 15) is 13.6 Å². The van der Waals surface area contributed by atoms with Crippen LogP contribution in [0.3, 0.4) is 0 Å². The Bertz CT molecular complexity index is 720. The third-order valence-electron chi connectivity index (χ3n) is 3.90. The average Bonchev–Trinajstić information content (AvgIpc) is 2.99. The van der Waals surface area contributed by atoms with Crippen molar-refractivity contribution in [3.8, 4) is 0 Å². The van der Waals surface area contributed by atoms with Crippen molar-refractivity contribution < 1.29 is 13.6 Å². The second kappa shape index (κ2) is 7.13. The van der Waals surface area contributed by atoms with Gasteiger partial charge >= 0.3 is 0 Å². The smallest absolute Gasteiger partial charge is 0.227 e. The van der Waals surface area contributed by atoms with Gasteiger partial charge in [-0.15, -0.1) is 0 Å². The number of carbonyl (C=O) groups is 1. The summed E-state index contributed by atoms with van der Waals surface area (Å²) in [6.45, 7) is 0.742. The summed E-state index contributed by atoms with van der Waals surface area (Å²) in [6, 6.07) is 11.9. The van der Waals surface area contributed by atoms with Crippen LogP contribution < -0.4 is 4.90 Å². The number of halogens is 2. The fraction of sp³-hybridized carbons (Fsp3) is 0.278. The van der Waals surface area contributed by atoms with Crippen LogP contribution in [0.15, 0.2) is 42.5 Å². The molecule has 2 aromatic rings. The van der Waals surface area contributed by atoms with Crippen molar-refractivity contribution in [2.24, 2.45) is 0 Å². The molecule has 0 atom stereocenters. The van der Waals surface area contributed by atoms with Gasteiger partial charge in [-0.1, -0.05) is 24.3 Å². The van der Waals surface area contributed by atoms with Crippen LogP contribution in [0.2, 0.25) is 0 Å².